The van der Waals surface area contributed by atoms with E-state index in [9.17, 15) is 0 Å². The van der Waals surface area contributed by atoms with Crippen LogP contribution in [0.1, 0.15) is 103 Å². The van der Waals surface area contributed by atoms with Crippen molar-refractivity contribution in [3.8, 4) is 0 Å². The summed E-state index contributed by atoms with van der Waals surface area (Å²) in [6.45, 7) is 15.9. The van der Waals surface area contributed by atoms with Gasteiger partial charge in [0.1, 0.15) is 0 Å². The van der Waals surface area contributed by atoms with E-state index in [1.807, 2.05) is 0 Å². The molecular formula is C27H41N. The predicted molar refractivity (Wildman–Crippen MR) is 120 cm³/mol. The summed E-state index contributed by atoms with van der Waals surface area (Å²) in [5.41, 5.74) is 5.60. The van der Waals surface area contributed by atoms with Crippen molar-refractivity contribution in [3.05, 3.63) is 29.3 Å². The molecule has 6 rings (SSSR count). The number of rotatable bonds is 3. The number of para-hydroxylation sites is 1. The van der Waals surface area contributed by atoms with Gasteiger partial charge < -0.3 is 4.90 Å². The Morgan fingerprint density at radius 1 is 0.821 bits per heavy atom. The Balaban J connectivity index is 1.59. The van der Waals surface area contributed by atoms with Gasteiger partial charge in [0.05, 0.1) is 0 Å². The number of hydrogen-bond acceptors (Lipinski definition) is 1. The zero-order valence-corrected chi connectivity index (χ0v) is 19.1. The van der Waals surface area contributed by atoms with Gasteiger partial charge in [-0.25, -0.2) is 0 Å². The molecule has 4 bridgehead atoms. The first kappa shape index (κ1) is 19.0. The second kappa shape index (κ2) is 6.26. The second-order valence-electron chi connectivity index (χ2n) is 12.2. The number of benzene rings is 1. The summed E-state index contributed by atoms with van der Waals surface area (Å²) in [5, 5.41) is 0. The van der Waals surface area contributed by atoms with Gasteiger partial charge >= 0.3 is 0 Å². The minimum atomic E-state index is 0.268. The lowest BCUT2D eigenvalue weighted by Gasteiger charge is -2.60. The van der Waals surface area contributed by atoms with E-state index in [4.69, 9.17) is 0 Å². The molecule has 4 saturated carbocycles. The summed E-state index contributed by atoms with van der Waals surface area (Å²) in [4.78, 5) is 2.90. The summed E-state index contributed by atoms with van der Waals surface area (Å²) in [6.07, 6.45) is 9.14. The molecule has 1 heteroatoms. The minimum absolute atomic E-state index is 0.268. The van der Waals surface area contributed by atoms with Gasteiger partial charge in [0.15, 0.2) is 0 Å². The van der Waals surface area contributed by atoms with Gasteiger partial charge in [-0.2, -0.15) is 0 Å². The summed E-state index contributed by atoms with van der Waals surface area (Å²) >= 11 is 0. The third-order valence-corrected chi connectivity index (χ3v) is 9.32. The molecule has 0 aromatic heterocycles. The van der Waals surface area contributed by atoms with Crippen molar-refractivity contribution in [2.45, 2.75) is 97.4 Å². The van der Waals surface area contributed by atoms with Crippen LogP contribution >= 0.6 is 0 Å². The van der Waals surface area contributed by atoms with Crippen LogP contribution in [0, 0.1) is 29.1 Å². The first-order valence-electron chi connectivity index (χ1n) is 12.1. The van der Waals surface area contributed by atoms with E-state index >= 15 is 0 Å². The van der Waals surface area contributed by atoms with Crippen LogP contribution in [-0.4, -0.2) is 12.1 Å². The van der Waals surface area contributed by atoms with Crippen molar-refractivity contribution < 1.29 is 0 Å². The van der Waals surface area contributed by atoms with Crippen molar-refractivity contribution >= 4 is 5.69 Å². The summed E-state index contributed by atoms with van der Waals surface area (Å²) < 4.78 is 0. The zero-order chi connectivity index (χ0) is 19.8. The third-order valence-electron chi connectivity index (χ3n) is 9.32. The Labute approximate surface area is 173 Å². The molecule has 0 amide bonds. The molecule has 154 valence electrons. The highest BCUT2D eigenvalue weighted by atomic mass is 15.2. The smallest absolute Gasteiger partial charge is 0.0441 e. The molecule has 1 aliphatic heterocycles. The van der Waals surface area contributed by atoms with Gasteiger partial charge in [-0.1, -0.05) is 45.9 Å². The topological polar surface area (TPSA) is 3.24 Å². The monoisotopic (exact) mass is 379 g/mol. The molecule has 5 aliphatic rings. The molecule has 1 aromatic carbocycles. The maximum absolute atomic E-state index is 2.90. The van der Waals surface area contributed by atoms with Crippen LogP contribution in [0.5, 0.6) is 0 Å². The normalized spacial score (nSPS) is 38.4. The Hall–Kier alpha value is -0.980. The molecule has 1 nitrogen and oxygen atoms in total. The Kier molecular flexibility index (Phi) is 4.25. The van der Waals surface area contributed by atoms with Crippen LogP contribution in [0.25, 0.3) is 0 Å². The summed E-state index contributed by atoms with van der Waals surface area (Å²) in [7, 11) is 0. The van der Waals surface area contributed by atoms with Crippen molar-refractivity contribution in [3.63, 3.8) is 0 Å². The standard InChI is InChI=1S/C27H41N/c1-17(2)23-8-7-9-24(18(3)4)25(23)28-16-27(15-26(28,5)6)21-11-19-10-20(13-21)14-22(27)12-19/h7-9,17-22H,10-16H2,1-6H3. The van der Waals surface area contributed by atoms with Crippen LogP contribution in [0.2, 0.25) is 0 Å². The lowest BCUT2D eigenvalue weighted by atomic mass is 9.44. The first-order chi connectivity index (χ1) is 13.2. The van der Waals surface area contributed by atoms with E-state index in [2.05, 4.69) is 64.6 Å². The molecule has 0 radical (unpaired) electrons. The highest BCUT2D eigenvalue weighted by Gasteiger charge is 2.62. The number of hydrogen-bond donors (Lipinski definition) is 0. The van der Waals surface area contributed by atoms with Crippen LogP contribution in [0.15, 0.2) is 18.2 Å². The quantitative estimate of drug-likeness (QED) is 0.530. The van der Waals surface area contributed by atoms with Crippen molar-refractivity contribution in [2.75, 3.05) is 11.4 Å². The molecule has 0 atom stereocenters. The van der Waals surface area contributed by atoms with Gasteiger partial charge in [-0.3, -0.25) is 0 Å². The zero-order valence-electron chi connectivity index (χ0n) is 19.1. The molecule has 4 aliphatic carbocycles. The maximum atomic E-state index is 2.90. The maximum Gasteiger partial charge on any atom is 0.0441 e. The van der Waals surface area contributed by atoms with Gasteiger partial charge in [0.25, 0.3) is 0 Å². The molecule has 5 fully saturated rings. The first-order valence-corrected chi connectivity index (χ1v) is 12.1. The highest BCUT2D eigenvalue weighted by molar-refractivity contribution is 5.64. The Bertz CT molecular complexity index is 701. The van der Waals surface area contributed by atoms with Gasteiger partial charge in [0, 0.05) is 17.8 Å². The highest BCUT2D eigenvalue weighted by Crippen LogP contribution is 2.67. The molecular weight excluding hydrogens is 338 g/mol. The van der Waals surface area contributed by atoms with Gasteiger partial charge in [-0.05, 0) is 104 Å². The van der Waals surface area contributed by atoms with E-state index in [1.54, 1.807) is 48.9 Å². The van der Waals surface area contributed by atoms with Crippen molar-refractivity contribution in [2.24, 2.45) is 29.1 Å². The molecule has 1 saturated heterocycles. The Morgan fingerprint density at radius 2 is 1.32 bits per heavy atom. The van der Waals surface area contributed by atoms with Gasteiger partial charge in [0.2, 0.25) is 0 Å². The van der Waals surface area contributed by atoms with Crippen LogP contribution < -0.4 is 4.90 Å². The average molecular weight is 380 g/mol. The average Bonchev–Trinajstić information content (AvgIpc) is 2.90. The van der Waals surface area contributed by atoms with Crippen molar-refractivity contribution in [1.82, 2.24) is 0 Å². The third kappa shape index (κ3) is 2.63. The number of nitrogens with zero attached hydrogens (tertiary/aromatic N) is 1. The van der Waals surface area contributed by atoms with Crippen LogP contribution in [-0.2, 0) is 0 Å². The molecule has 0 unspecified atom stereocenters. The molecule has 1 aromatic rings. The SMILES string of the molecule is CC(C)c1cccc(C(C)C)c1N1CC2(CC1(C)C)C1CC3CC(C1)CC2C3. The lowest BCUT2D eigenvalue weighted by Crippen LogP contribution is -2.54. The largest absolute Gasteiger partial charge is 0.365 e. The fraction of sp³-hybridized carbons (Fsp3) is 0.778. The van der Waals surface area contributed by atoms with E-state index < -0.39 is 0 Å². The van der Waals surface area contributed by atoms with Crippen LogP contribution in [0.4, 0.5) is 5.69 Å². The fourth-order valence-corrected chi connectivity index (χ4v) is 8.34. The molecule has 1 heterocycles. The van der Waals surface area contributed by atoms with Crippen molar-refractivity contribution in [1.29, 1.82) is 0 Å². The molecule has 28 heavy (non-hydrogen) atoms. The second-order valence-corrected chi connectivity index (χ2v) is 12.2. The van der Waals surface area contributed by atoms with E-state index in [0.29, 0.717) is 17.3 Å². The summed E-state index contributed by atoms with van der Waals surface area (Å²) in [6, 6.07) is 7.11. The predicted octanol–water partition coefficient (Wildman–Crippen LogP) is 7.36. The van der Waals surface area contributed by atoms with E-state index in [0.717, 1.165) is 23.7 Å². The summed E-state index contributed by atoms with van der Waals surface area (Å²) in [5.74, 6) is 5.31. The minimum Gasteiger partial charge on any atom is -0.365 e. The van der Waals surface area contributed by atoms with E-state index in [-0.39, 0.29) is 5.54 Å². The Morgan fingerprint density at radius 3 is 1.79 bits per heavy atom. The van der Waals surface area contributed by atoms with E-state index in [1.165, 1.54) is 13.0 Å². The van der Waals surface area contributed by atoms with Gasteiger partial charge in [-0.15, -0.1) is 0 Å². The fourth-order valence-electron chi connectivity index (χ4n) is 8.34. The lowest BCUT2D eigenvalue weighted by molar-refractivity contribution is -0.0993. The number of anilines is 1. The van der Waals surface area contributed by atoms with Crippen LogP contribution in [0.3, 0.4) is 0 Å². The molecule has 0 N–H and O–H groups in total. The molecule has 1 spiro atoms.